The molecule has 0 atom stereocenters. The number of imidazole rings is 1. The summed E-state index contributed by atoms with van der Waals surface area (Å²) in [6.07, 6.45) is 3.82. The molecule has 4 aromatic rings. The number of benzene rings is 2. The molecule has 126 valence electrons. The van der Waals surface area contributed by atoms with Gasteiger partial charge in [0.15, 0.2) is 4.96 Å². The number of carbonyl (C=O) groups is 2. The van der Waals surface area contributed by atoms with Gasteiger partial charge in [-0.05, 0) is 5.39 Å². The third-order valence-corrected chi connectivity index (χ3v) is 5.17. The van der Waals surface area contributed by atoms with Gasteiger partial charge in [-0.25, -0.2) is 10.4 Å². The van der Waals surface area contributed by atoms with Crippen LogP contribution >= 0.6 is 11.3 Å². The van der Waals surface area contributed by atoms with Gasteiger partial charge in [-0.1, -0.05) is 36.4 Å². The van der Waals surface area contributed by atoms with Crippen molar-refractivity contribution < 1.29 is 9.59 Å². The first-order chi connectivity index (χ1) is 12.7. The molecule has 0 saturated heterocycles. The number of carbonyl (C=O) groups excluding carboxylic acids is 2. The van der Waals surface area contributed by atoms with Crippen molar-refractivity contribution in [3.8, 4) is 0 Å². The summed E-state index contributed by atoms with van der Waals surface area (Å²) >= 11 is 1.51. The van der Waals surface area contributed by atoms with Crippen LogP contribution in [0, 0.1) is 0 Å². The van der Waals surface area contributed by atoms with E-state index in [1.165, 1.54) is 11.3 Å². The highest BCUT2D eigenvalue weighted by molar-refractivity contribution is 7.15. The average molecular weight is 360 g/mol. The van der Waals surface area contributed by atoms with Crippen LogP contribution < -0.4 is 5.43 Å². The summed E-state index contributed by atoms with van der Waals surface area (Å²) in [6.45, 7) is 0. The smallest absolute Gasteiger partial charge is 0.246 e. The molecule has 0 saturated carbocycles. The number of nitrogens with zero attached hydrogens (tertiary/aromatic N) is 3. The van der Waals surface area contributed by atoms with Crippen molar-refractivity contribution in [3.63, 3.8) is 0 Å². The summed E-state index contributed by atoms with van der Waals surface area (Å²) in [7, 11) is 0. The SMILES string of the molecule is O=C(Cc1cn2ccsc2n1)N/N=C1\C(=O)c2cccc3cccc1c23. The second kappa shape index (κ2) is 5.60. The second-order valence-corrected chi connectivity index (χ2v) is 6.91. The maximum absolute atomic E-state index is 12.6. The fourth-order valence-electron chi connectivity index (χ4n) is 3.27. The minimum atomic E-state index is -0.306. The number of hydrazone groups is 1. The molecule has 7 heteroatoms. The molecule has 0 spiro atoms. The van der Waals surface area contributed by atoms with Gasteiger partial charge in [-0.3, -0.25) is 14.0 Å². The molecule has 5 rings (SSSR count). The molecule has 2 heterocycles. The van der Waals surface area contributed by atoms with Crippen LogP contribution in [-0.2, 0) is 11.2 Å². The van der Waals surface area contributed by atoms with Crippen molar-refractivity contribution in [2.24, 2.45) is 5.10 Å². The zero-order valence-electron chi connectivity index (χ0n) is 13.5. The third kappa shape index (κ3) is 2.25. The molecule has 0 radical (unpaired) electrons. The van der Waals surface area contributed by atoms with Gasteiger partial charge < -0.3 is 0 Å². The zero-order valence-corrected chi connectivity index (χ0v) is 14.3. The summed E-state index contributed by atoms with van der Waals surface area (Å²) in [4.78, 5) is 30.1. The summed E-state index contributed by atoms with van der Waals surface area (Å²) in [5.74, 6) is -0.473. The van der Waals surface area contributed by atoms with Crippen LogP contribution in [-0.4, -0.2) is 26.8 Å². The summed E-state index contributed by atoms with van der Waals surface area (Å²) in [5.41, 5.74) is 4.82. The number of hydrogen-bond acceptors (Lipinski definition) is 5. The van der Waals surface area contributed by atoms with Crippen LogP contribution in [0.1, 0.15) is 21.6 Å². The minimum absolute atomic E-state index is 0.108. The standard InChI is InChI=1S/C19H12N4O2S/c24-15(9-12-10-23-7-8-26-19(23)20-12)21-22-17-13-5-1-3-11-4-2-6-14(16(11)13)18(17)25/h1-8,10H,9H2,(H,21,24)/b22-17-. The van der Waals surface area contributed by atoms with Gasteiger partial charge in [0.25, 0.3) is 0 Å². The molecule has 26 heavy (non-hydrogen) atoms. The number of thiazole rings is 1. The van der Waals surface area contributed by atoms with Crippen LogP contribution in [0.4, 0.5) is 0 Å². The first-order valence-electron chi connectivity index (χ1n) is 8.05. The lowest BCUT2D eigenvalue weighted by molar-refractivity contribution is -0.120. The molecule has 0 bridgehead atoms. The summed E-state index contributed by atoms with van der Waals surface area (Å²) < 4.78 is 1.87. The maximum Gasteiger partial charge on any atom is 0.246 e. The fourth-order valence-corrected chi connectivity index (χ4v) is 3.99. The molecular formula is C19H12N4O2S. The van der Waals surface area contributed by atoms with E-state index in [0.717, 1.165) is 21.3 Å². The predicted molar refractivity (Wildman–Crippen MR) is 99.7 cm³/mol. The minimum Gasteiger partial charge on any atom is -0.297 e. The monoisotopic (exact) mass is 360 g/mol. The number of aromatic nitrogens is 2. The van der Waals surface area contributed by atoms with E-state index < -0.39 is 0 Å². The number of ketones is 1. The van der Waals surface area contributed by atoms with Gasteiger partial charge in [0.1, 0.15) is 5.71 Å². The highest BCUT2D eigenvalue weighted by Crippen LogP contribution is 2.30. The lowest BCUT2D eigenvalue weighted by Crippen LogP contribution is -2.23. The second-order valence-electron chi connectivity index (χ2n) is 6.04. The van der Waals surface area contributed by atoms with E-state index in [-0.39, 0.29) is 23.8 Å². The van der Waals surface area contributed by atoms with Crippen molar-refractivity contribution in [3.05, 3.63) is 71.0 Å². The normalized spacial score (nSPS) is 14.6. The molecule has 2 aromatic carbocycles. The topological polar surface area (TPSA) is 75.8 Å². The lowest BCUT2D eigenvalue weighted by Gasteiger charge is -2.01. The zero-order chi connectivity index (χ0) is 17.7. The Bertz CT molecular complexity index is 1200. The number of rotatable bonds is 3. The lowest BCUT2D eigenvalue weighted by atomic mass is 10.1. The Morgan fingerprint density at radius 2 is 2.00 bits per heavy atom. The van der Waals surface area contributed by atoms with Gasteiger partial charge in [-0.15, -0.1) is 11.3 Å². The first-order valence-corrected chi connectivity index (χ1v) is 8.93. The first kappa shape index (κ1) is 15.0. The Hall–Kier alpha value is -3.32. The number of nitrogens with one attached hydrogen (secondary N) is 1. The number of Topliss-reactive ketones (excluding diaryl/α,β-unsaturated/α-hetero) is 1. The third-order valence-electron chi connectivity index (χ3n) is 4.40. The van der Waals surface area contributed by atoms with E-state index in [1.54, 1.807) is 6.07 Å². The highest BCUT2D eigenvalue weighted by Gasteiger charge is 2.28. The van der Waals surface area contributed by atoms with Gasteiger partial charge in [0, 0.05) is 34.3 Å². The van der Waals surface area contributed by atoms with E-state index in [9.17, 15) is 9.59 Å². The van der Waals surface area contributed by atoms with E-state index in [4.69, 9.17) is 0 Å². The number of hydrogen-bond donors (Lipinski definition) is 1. The average Bonchev–Trinajstić information content (AvgIpc) is 3.29. The van der Waals surface area contributed by atoms with E-state index in [2.05, 4.69) is 15.5 Å². The molecule has 0 unspecified atom stereocenters. The highest BCUT2D eigenvalue weighted by atomic mass is 32.1. The summed E-state index contributed by atoms with van der Waals surface area (Å²) in [6, 6.07) is 11.3. The van der Waals surface area contributed by atoms with Gasteiger partial charge >= 0.3 is 0 Å². The van der Waals surface area contributed by atoms with Crippen molar-refractivity contribution in [2.45, 2.75) is 6.42 Å². The molecule has 1 aliphatic rings. The number of fused-ring (bicyclic) bond motifs is 1. The van der Waals surface area contributed by atoms with E-state index in [0.29, 0.717) is 11.3 Å². The maximum atomic E-state index is 12.6. The predicted octanol–water partition coefficient (Wildman–Crippen LogP) is 2.81. The quantitative estimate of drug-likeness (QED) is 0.571. The van der Waals surface area contributed by atoms with Crippen molar-refractivity contribution in [1.29, 1.82) is 0 Å². The van der Waals surface area contributed by atoms with Gasteiger partial charge in [0.05, 0.1) is 12.1 Å². The van der Waals surface area contributed by atoms with Crippen molar-refractivity contribution >= 4 is 44.5 Å². The molecule has 0 aliphatic heterocycles. The number of amides is 1. The molecule has 2 aromatic heterocycles. The van der Waals surface area contributed by atoms with Crippen LogP contribution in [0.2, 0.25) is 0 Å². The van der Waals surface area contributed by atoms with Crippen LogP contribution in [0.25, 0.3) is 15.7 Å². The van der Waals surface area contributed by atoms with Crippen molar-refractivity contribution in [1.82, 2.24) is 14.8 Å². The van der Waals surface area contributed by atoms with Gasteiger partial charge in [0.2, 0.25) is 11.7 Å². The molecule has 1 amide bonds. The van der Waals surface area contributed by atoms with E-state index >= 15 is 0 Å². The Balaban J connectivity index is 1.41. The Morgan fingerprint density at radius 3 is 2.81 bits per heavy atom. The Kier molecular flexibility index (Phi) is 3.23. The largest absolute Gasteiger partial charge is 0.297 e. The van der Waals surface area contributed by atoms with Crippen LogP contribution in [0.5, 0.6) is 0 Å². The molecule has 1 N–H and O–H groups in total. The molecular weight excluding hydrogens is 348 g/mol. The van der Waals surface area contributed by atoms with Gasteiger partial charge in [-0.2, -0.15) is 5.10 Å². The Morgan fingerprint density at radius 1 is 1.19 bits per heavy atom. The fraction of sp³-hybridized carbons (Fsp3) is 0.0526. The van der Waals surface area contributed by atoms with Crippen LogP contribution in [0.3, 0.4) is 0 Å². The summed E-state index contributed by atoms with van der Waals surface area (Å²) in [5, 5.41) is 7.93. The van der Waals surface area contributed by atoms with E-state index in [1.807, 2.05) is 52.5 Å². The molecule has 1 aliphatic carbocycles. The molecule has 0 fully saturated rings. The molecule has 6 nitrogen and oxygen atoms in total. The van der Waals surface area contributed by atoms with Crippen LogP contribution in [0.15, 0.2) is 59.3 Å². The van der Waals surface area contributed by atoms with Crippen molar-refractivity contribution in [2.75, 3.05) is 0 Å². The Labute approximate surface area is 151 Å².